The lowest BCUT2D eigenvalue weighted by molar-refractivity contribution is 0.186. The van der Waals surface area contributed by atoms with E-state index in [9.17, 15) is 5.11 Å². The van der Waals surface area contributed by atoms with Crippen LogP contribution in [0, 0.1) is 6.92 Å². The number of likely N-dealkylation sites (tertiary alicyclic amines) is 1. The minimum absolute atomic E-state index is 0. The second-order valence-electron chi connectivity index (χ2n) is 8.94. The molecule has 0 amide bonds. The standard InChI is InChI=1S/C27H24N6O.ClH/c1-17-14-33-27(28-17)12-11-24(31-33)18-7-8-20(22(13-18)21-5-3-4-6-26(21)34)25-10-9-23(29-30-25)19-15-32(2)16-19;/h3-14,19,34H,15-16H2,1-2H3;1H. The van der Waals surface area contributed by atoms with Gasteiger partial charge in [0.1, 0.15) is 5.75 Å². The van der Waals surface area contributed by atoms with Gasteiger partial charge in [-0.05, 0) is 55.9 Å². The Morgan fingerprint density at radius 1 is 0.857 bits per heavy atom. The first-order valence-corrected chi connectivity index (χ1v) is 11.3. The Balaban J connectivity index is 0.00000253. The van der Waals surface area contributed by atoms with E-state index in [1.807, 2.05) is 61.7 Å². The van der Waals surface area contributed by atoms with Crippen LogP contribution >= 0.6 is 12.4 Å². The molecule has 0 saturated carbocycles. The normalized spacial score (nSPS) is 14.0. The number of aromatic nitrogens is 5. The smallest absolute Gasteiger partial charge is 0.153 e. The van der Waals surface area contributed by atoms with E-state index in [-0.39, 0.29) is 18.2 Å². The summed E-state index contributed by atoms with van der Waals surface area (Å²) < 4.78 is 1.79. The quantitative estimate of drug-likeness (QED) is 0.387. The zero-order chi connectivity index (χ0) is 23.2. The molecule has 7 nitrogen and oxygen atoms in total. The van der Waals surface area contributed by atoms with Gasteiger partial charge in [-0.15, -0.1) is 12.4 Å². The highest BCUT2D eigenvalue weighted by molar-refractivity contribution is 5.87. The van der Waals surface area contributed by atoms with Crippen molar-refractivity contribution in [1.82, 2.24) is 29.7 Å². The lowest BCUT2D eigenvalue weighted by Gasteiger charge is -2.35. The first-order chi connectivity index (χ1) is 16.5. The van der Waals surface area contributed by atoms with Crippen molar-refractivity contribution in [3.05, 3.63) is 84.3 Å². The summed E-state index contributed by atoms with van der Waals surface area (Å²) in [5.41, 5.74) is 7.83. The molecule has 0 aliphatic carbocycles. The summed E-state index contributed by atoms with van der Waals surface area (Å²) >= 11 is 0. The van der Waals surface area contributed by atoms with Crippen LogP contribution in [0.2, 0.25) is 0 Å². The first kappa shape index (κ1) is 23.0. The number of rotatable bonds is 4. The number of nitrogens with zero attached hydrogens (tertiary/aromatic N) is 6. The van der Waals surface area contributed by atoms with Crippen LogP contribution in [0.3, 0.4) is 0 Å². The molecule has 1 aliphatic heterocycles. The predicted octanol–water partition coefficient (Wildman–Crippen LogP) is 4.99. The molecular formula is C27H25ClN6O. The number of phenols is 1. The van der Waals surface area contributed by atoms with Crippen molar-refractivity contribution in [3.8, 4) is 39.4 Å². The Labute approximate surface area is 209 Å². The molecule has 1 fully saturated rings. The number of likely N-dealkylation sites (N-methyl/N-ethyl adjacent to an activating group) is 1. The Morgan fingerprint density at radius 2 is 1.66 bits per heavy atom. The fraction of sp³-hybridized carbons (Fsp3) is 0.185. The molecule has 1 aliphatic rings. The second-order valence-corrected chi connectivity index (χ2v) is 8.94. The van der Waals surface area contributed by atoms with Gasteiger partial charge in [0, 0.05) is 35.7 Å². The summed E-state index contributed by atoms with van der Waals surface area (Å²) in [6.07, 6.45) is 1.91. The van der Waals surface area contributed by atoms with Gasteiger partial charge in [0.25, 0.3) is 0 Å². The average Bonchev–Trinajstić information content (AvgIpc) is 3.21. The molecule has 1 N–H and O–H groups in total. The lowest BCUT2D eigenvalue weighted by Crippen LogP contribution is -2.42. The van der Waals surface area contributed by atoms with E-state index >= 15 is 0 Å². The zero-order valence-electron chi connectivity index (χ0n) is 19.5. The minimum Gasteiger partial charge on any atom is -0.507 e. The number of aryl methyl sites for hydroxylation is 1. The molecule has 0 radical (unpaired) electrons. The van der Waals surface area contributed by atoms with Crippen LogP contribution in [0.25, 0.3) is 39.3 Å². The van der Waals surface area contributed by atoms with E-state index < -0.39 is 0 Å². The molecule has 6 rings (SSSR count). The molecule has 176 valence electrons. The topological polar surface area (TPSA) is 79.4 Å². The van der Waals surface area contributed by atoms with Gasteiger partial charge in [-0.25, -0.2) is 9.50 Å². The molecule has 35 heavy (non-hydrogen) atoms. The average molecular weight is 485 g/mol. The lowest BCUT2D eigenvalue weighted by atomic mass is 9.93. The van der Waals surface area contributed by atoms with E-state index in [1.54, 1.807) is 10.6 Å². The van der Waals surface area contributed by atoms with Crippen molar-refractivity contribution in [3.63, 3.8) is 0 Å². The monoisotopic (exact) mass is 484 g/mol. The van der Waals surface area contributed by atoms with Crippen molar-refractivity contribution < 1.29 is 5.11 Å². The van der Waals surface area contributed by atoms with E-state index in [0.717, 1.165) is 63.8 Å². The summed E-state index contributed by atoms with van der Waals surface area (Å²) in [4.78, 5) is 6.73. The molecule has 5 aromatic rings. The van der Waals surface area contributed by atoms with Crippen LogP contribution in [-0.2, 0) is 0 Å². The zero-order valence-corrected chi connectivity index (χ0v) is 20.3. The Hall–Kier alpha value is -3.81. The van der Waals surface area contributed by atoms with Crippen molar-refractivity contribution in [2.75, 3.05) is 20.1 Å². The Bertz CT molecular complexity index is 1510. The Morgan fingerprint density at radius 3 is 2.40 bits per heavy atom. The van der Waals surface area contributed by atoms with Crippen molar-refractivity contribution in [2.24, 2.45) is 0 Å². The van der Waals surface area contributed by atoms with E-state index in [2.05, 4.69) is 39.3 Å². The molecule has 3 aromatic heterocycles. The van der Waals surface area contributed by atoms with E-state index in [1.165, 1.54) is 0 Å². The molecule has 0 atom stereocenters. The second kappa shape index (κ2) is 9.09. The highest BCUT2D eigenvalue weighted by atomic mass is 35.5. The molecule has 0 bridgehead atoms. The number of hydrogen-bond donors (Lipinski definition) is 1. The van der Waals surface area contributed by atoms with Gasteiger partial charge in [0.2, 0.25) is 0 Å². The third-order valence-corrected chi connectivity index (χ3v) is 6.39. The Kier molecular flexibility index (Phi) is 5.96. The number of fused-ring (bicyclic) bond motifs is 1. The van der Waals surface area contributed by atoms with E-state index in [4.69, 9.17) is 5.10 Å². The van der Waals surface area contributed by atoms with Gasteiger partial charge in [-0.2, -0.15) is 15.3 Å². The third-order valence-electron chi connectivity index (χ3n) is 6.39. The fourth-order valence-electron chi connectivity index (χ4n) is 4.60. The van der Waals surface area contributed by atoms with Gasteiger partial charge in [-0.3, -0.25) is 0 Å². The van der Waals surface area contributed by atoms with Crippen LogP contribution in [0.1, 0.15) is 17.3 Å². The fourth-order valence-corrected chi connectivity index (χ4v) is 4.60. The highest BCUT2D eigenvalue weighted by Gasteiger charge is 2.26. The number of para-hydroxylation sites is 1. The molecule has 4 heterocycles. The summed E-state index contributed by atoms with van der Waals surface area (Å²) in [5.74, 6) is 0.663. The number of aromatic hydroxyl groups is 1. The first-order valence-electron chi connectivity index (χ1n) is 11.3. The molecule has 0 unspecified atom stereocenters. The van der Waals surface area contributed by atoms with Crippen LogP contribution in [0.4, 0.5) is 0 Å². The molecule has 0 spiro atoms. The maximum atomic E-state index is 10.7. The van der Waals surface area contributed by atoms with Gasteiger partial charge in [0.15, 0.2) is 5.65 Å². The largest absolute Gasteiger partial charge is 0.507 e. The predicted molar refractivity (Wildman–Crippen MR) is 139 cm³/mol. The molecule has 2 aromatic carbocycles. The third kappa shape index (κ3) is 4.24. The van der Waals surface area contributed by atoms with Crippen molar-refractivity contribution in [2.45, 2.75) is 12.8 Å². The summed E-state index contributed by atoms with van der Waals surface area (Å²) in [7, 11) is 2.11. The van der Waals surface area contributed by atoms with E-state index in [0.29, 0.717) is 5.92 Å². The summed E-state index contributed by atoms with van der Waals surface area (Å²) in [6.45, 7) is 3.98. The maximum absolute atomic E-state index is 10.7. The van der Waals surface area contributed by atoms with Gasteiger partial charge < -0.3 is 10.0 Å². The van der Waals surface area contributed by atoms with Crippen LogP contribution in [-0.4, -0.2) is 54.9 Å². The molecular weight excluding hydrogens is 460 g/mol. The minimum atomic E-state index is 0. The number of imidazole rings is 1. The van der Waals surface area contributed by atoms with Gasteiger partial charge >= 0.3 is 0 Å². The summed E-state index contributed by atoms with van der Waals surface area (Å²) in [6, 6.07) is 21.5. The molecule has 8 heteroatoms. The van der Waals surface area contributed by atoms with Gasteiger partial charge in [-0.1, -0.05) is 30.3 Å². The van der Waals surface area contributed by atoms with Crippen molar-refractivity contribution >= 4 is 18.1 Å². The van der Waals surface area contributed by atoms with Crippen LogP contribution in [0.15, 0.2) is 72.9 Å². The SMILES string of the molecule is Cc1cn2nc(-c3ccc(-c4ccc(C5CN(C)C5)nn4)c(-c4ccccc4O)c3)ccc2n1.Cl. The van der Waals surface area contributed by atoms with Crippen LogP contribution in [0.5, 0.6) is 5.75 Å². The highest BCUT2D eigenvalue weighted by Crippen LogP contribution is 2.38. The number of benzene rings is 2. The maximum Gasteiger partial charge on any atom is 0.153 e. The number of phenolic OH excluding ortho intramolecular Hbond substituents is 1. The number of hydrogen-bond acceptors (Lipinski definition) is 6. The number of halogens is 1. The molecule has 1 saturated heterocycles. The van der Waals surface area contributed by atoms with Crippen molar-refractivity contribution in [1.29, 1.82) is 0 Å². The summed E-state index contributed by atoms with van der Waals surface area (Å²) in [5, 5.41) is 24.5. The van der Waals surface area contributed by atoms with Gasteiger partial charge in [0.05, 0.1) is 29.0 Å². The van der Waals surface area contributed by atoms with Crippen LogP contribution < -0.4 is 0 Å².